The second-order valence-corrected chi connectivity index (χ2v) is 11.6. The van der Waals surface area contributed by atoms with Crippen molar-refractivity contribution >= 4 is 43.2 Å². The summed E-state index contributed by atoms with van der Waals surface area (Å²) in [7, 11) is 0. The molecule has 3 aromatic heterocycles. The fourth-order valence-corrected chi connectivity index (χ4v) is 6.27. The molecule has 46 heavy (non-hydrogen) atoms. The Morgan fingerprint density at radius 1 is 0.304 bits per heavy atom. The highest BCUT2D eigenvalue weighted by atomic mass is 14.9. The topological polar surface area (TPSA) is 51.6 Å². The van der Waals surface area contributed by atoms with Crippen LogP contribution in [0.3, 0.4) is 0 Å². The Bertz CT molecular complexity index is 2610. The molecule has 0 unspecified atom stereocenters. The van der Waals surface area contributed by atoms with E-state index in [1.54, 1.807) is 0 Å². The third-order valence-electron chi connectivity index (χ3n) is 8.69. The Morgan fingerprint density at radius 2 is 0.870 bits per heavy atom. The zero-order valence-corrected chi connectivity index (χ0v) is 24.8. The summed E-state index contributed by atoms with van der Waals surface area (Å²) in [5.41, 5.74) is 7.53. The zero-order chi connectivity index (χ0) is 30.5. The summed E-state index contributed by atoms with van der Waals surface area (Å²) in [5.74, 6) is 0.654. The first kappa shape index (κ1) is 26.2. The standard InChI is InChI=1S/C42H26N4/c1-2-7-29-21-33(14-11-27(29)6-1)40-26-41(34-16-13-32-20-30-8-3-4-9-31(30)22-37(32)23-34)46-42(45-40)36-17-19-44-39(25-36)35-15-12-28-10-5-18-43-38(28)24-35/h1-26H. The van der Waals surface area contributed by atoms with Crippen molar-refractivity contribution < 1.29 is 0 Å². The van der Waals surface area contributed by atoms with E-state index in [9.17, 15) is 0 Å². The lowest BCUT2D eigenvalue weighted by molar-refractivity contribution is 1.18. The molecular weight excluding hydrogens is 560 g/mol. The van der Waals surface area contributed by atoms with Gasteiger partial charge in [-0.05, 0) is 86.9 Å². The number of hydrogen-bond acceptors (Lipinski definition) is 4. The molecule has 0 saturated heterocycles. The van der Waals surface area contributed by atoms with Gasteiger partial charge in [-0.2, -0.15) is 0 Å². The summed E-state index contributed by atoms with van der Waals surface area (Å²) in [6.07, 6.45) is 3.65. The van der Waals surface area contributed by atoms with Crippen molar-refractivity contribution in [2.75, 3.05) is 0 Å². The van der Waals surface area contributed by atoms with Gasteiger partial charge in [0.1, 0.15) is 0 Å². The van der Waals surface area contributed by atoms with Crippen molar-refractivity contribution in [1.82, 2.24) is 19.9 Å². The monoisotopic (exact) mass is 586 g/mol. The normalized spacial score (nSPS) is 11.5. The smallest absolute Gasteiger partial charge is 0.160 e. The summed E-state index contributed by atoms with van der Waals surface area (Å²) in [6.45, 7) is 0. The lowest BCUT2D eigenvalue weighted by Crippen LogP contribution is -1.97. The average Bonchev–Trinajstić information content (AvgIpc) is 3.13. The Kier molecular flexibility index (Phi) is 6.10. The molecule has 9 rings (SSSR count). The molecule has 0 bridgehead atoms. The summed E-state index contributed by atoms with van der Waals surface area (Å²) in [6, 6.07) is 50.9. The van der Waals surface area contributed by atoms with Gasteiger partial charge in [-0.1, -0.05) is 91.0 Å². The number of fused-ring (bicyclic) bond motifs is 4. The third kappa shape index (κ3) is 4.73. The van der Waals surface area contributed by atoms with Crippen LogP contribution < -0.4 is 0 Å². The number of rotatable bonds is 4. The van der Waals surface area contributed by atoms with Crippen molar-refractivity contribution in [1.29, 1.82) is 0 Å². The lowest BCUT2D eigenvalue weighted by Gasteiger charge is -2.12. The zero-order valence-electron chi connectivity index (χ0n) is 24.8. The number of pyridine rings is 2. The lowest BCUT2D eigenvalue weighted by atomic mass is 9.99. The number of hydrogen-bond donors (Lipinski definition) is 0. The predicted octanol–water partition coefficient (Wildman–Crippen LogP) is 10.5. The van der Waals surface area contributed by atoms with Gasteiger partial charge in [-0.3, -0.25) is 9.97 Å². The van der Waals surface area contributed by atoms with Gasteiger partial charge < -0.3 is 0 Å². The molecule has 4 nitrogen and oxygen atoms in total. The van der Waals surface area contributed by atoms with Gasteiger partial charge in [0.25, 0.3) is 0 Å². The molecule has 0 radical (unpaired) electrons. The van der Waals surface area contributed by atoms with Gasteiger partial charge >= 0.3 is 0 Å². The van der Waals surface area contributed by atoms with Crippen molar-refractivity contribution in [3.63, 3.8) is 0 Å². The van der Waals surface area contributed by atoms with E-state index >= 15 is 0 Å². The molecule has 0 spiro atoms. The molecule has 0 aliphatic heterocycles. The van der Waals surface area contributed by atoms with Gasteiger partial charge in [0.15, 0.2) is 5.82 Å². The number of nitrogens with zero attached hydrogens (tertiary/aromatic N) is 4. The van der Waals surface area contributed by atoms with Gasteiger partial charge in [0.05, 0.1) is 22.6 Å². The molecule has 6 aromatic carbocycles. The number of aromatic nitrogens is 4. The van der Waals surface area contributed by atoms with E-state index in [2.05, 4.69) is 138 Å². The minimum Gasteiger partial charge on any atom is -0.256 e. The first-order chi connectivity index (χ1) is 22.7. The van der Waals surface area contributed by atoms with Crippen molar-refractivity contribution in [2.24, 2.45) is 0 Å². The second kappa shape index (κ2) is 10.7. The van der Waals surface area contributed by atoms with E-state index in [1.807, 2.05) is 24.5 Å². The number of benzene rings is 6. The first-order valence-electron chi connectivity index (χ1n) is 15.4. The summed E-state index contributed by atoms with van der Waals surface area (Å²) in [4.78, 5) is 19.6. The molecule has 0 aliphatic carbocycles. The van der Waals surface area contributed by atoms with Crippen LogP contribution in [0.2, 0.25) is 0 Å². The van der Waals surface area contributed by atoms with E-state index in [-0.39, 0.29) is 0 Å². The van der Waals surface area contributed by atoms with Crippen LogP contribution in [0.15, 0.2) is 158 Å². The van der Waals surface area contributed by atoms with Gasteiger partial charge in [0.2, 0.25) is 0 Å². The molecule has 214 valence electrons. The molecule has 4 heteroatoms. The van der Waals surface area contributed by atoms with Crippen LogP contribution in [0.4, 0.5) is 0 Å². The molecule has 0 fully saturated rings. The Balaban J connectivity index is 1.21. The third-order valence-corrected chi connectivity index (χ3v) is 8.69. The maximum atomic E-state index is 5.16. The first-order valence-corrected chi connectivity index (χ1v) is 15.4. The van der Waals surface area contributed by atoms with Crippen LogP contribution >= 0.6 is 0 Å². The summed E-state index contributed by atoms with van der Waals surface area (Å²) >= 11 is 0. The van der Waals surface area contributed by atoms with Crippen LogP contribution in [0.1, 0.15) is 0 Å². The van der Waals surface area contributed by atoms with E-state index in [0.29, 0.717) is 5.82 Å². The van der Waals surface area contributed by atoms with Crippen LogP contribution in [-0.4, -0.2) is 19.9 Å². The quantitative estimate of drug-likeness (QED) is 0.193. The van der Waals surface area contributed by atoms with Crippen LogP contribution in [0.25, 0.3) is 88.4 Å². The molecule has 9 aromatic rings. The van der Waals surface area contributed by atoms with E-state index in [0.717, 1.165) is 50.2 Å². The van der Waals surface area contributed by atoms with Gasteiger partial charge in [-0.15, -0.1) is 0 Å². The minimum atomic E-state index is 0.654. The van der Waals surface area contributed by atoms with Crippen LogP contribution in [-0.2, 0) is 0 Å². The fourth-order valence-electron chi connectivity index (χ4n) is 6.27. The molecule has 0 N–H and O–H groups in total. The molecule has 0 aliphatic rings. The maximum absolute atomic E-state index is 5.16. The minimum absolute atomic E-state index is 0.654. The van der Waals surface area contributed by atoms with Gasteiger partial charge in [-0.25, -0.2) is 9.97 Å². The van der Waals surface area contributed by atoms with Gasteiger partial charge in [0, 0.05) is 40.0 Å². The summed E-state index contributed by atoms with van der Waals surface area (Å²) < 4.78 is 0. The highest BCUT2D eigenvalue weighted by Gasteiger charge is 2.14. The maximum Gasteiger partial charge on any atom is 0.160 e. The van der Waals surface area contributed by atoms with E-state index < -0.39 is 0 Å². The SMILES string of the molecule is c1ccc2cc(-c3cc(-c4ccc5cc6ccccc6cc5c4)nc(-c4ccnc(-c5ccc6cccnc6c5)c4)n3)ccc2c1. The molecule has 0 amide bonds. The second-order valence-electron chi connectivity index (χ2n) is 11.6. The molecule has 0 atom stereocenters. The fraction of sp³-hybridized carbons (Fsp3) is 0. The van der Waals surface area contributed by atoms with Crippen LogP contribution in [0.5, 0.6) is 0 Å². The highest BCUT2D eigenvalue weighted by molar-refractivity contribution is 5.99. The predicted molar refractivity (Wildman–Crippen MR) is 189 cm³/mol. The van der Waals surface area contributed by atoms with E-state index in [1.165, 1.54) is 32.3 Å². The van der Waals surface area contributed by atoms with Crippen LogP contribution in [0, 0.1) is 0 Å². The average molecular weight is 587 g/mol. The highest BCUT2D eigenvalue weighted by Crippen LogP contribution is 2.33. The summed E-state index contributed by atoms with van der Waals surface area (Å²) in [5, 5.41) is 8.32. The largest absolute Gasteiger partial charge is 0.256 e. The Morgan fingerprint density at radius 3 is 1.63 bits per heavy atom. The van der Waals surface area contributed by atoms with Crippen molar-refractivity contribution in [3.8, 4) is 45.2 Å². The Hall–Kier alpha value is -6.26. The van der Waals surface area contributed by atoms with Crippen molar-refractivity contribution in [3.05, 3.63) is 158 Å². The Labute approximate surface area is 265 Å². The van der Waals surface area contributed by atoms with E-state index in [4.69, 9.17) is 15.0 Å². The molecule has 3 heterocycles. The molecule has 0 saturated carbocycles. The molecular formula is C42H26N4. The van der Waals surface area contributed by atoms with Crippen molar-refractivity contribution in [2.45, 2.75) is 0 Å².